The van der Waals surface area contributed by atoms with Crippen molar-refractivity contribution in [1.82, 2.24) is 0 Å². The van der Waals surface area contributed by atoms with Gasteiger partial charge in [-0.05, 0) is 50.6 Å². The fraction of sp³-hybridized carbons (Fsp3) is 0.0500. The van der Waals surface area contributed by atoms with Gasteiger partial charge < -0.3 is 4.74 Å². The summed E-state index contributed by atoms with van der Waals surface area (Å²) in [7, 11) is -0.0112. The Morgan fingerprint density at radius 2 is 1.60 bits per heavy atom. The average molecular weight is 363 g/mol. The van der Waals surface area contributed by atoms with Crippen LogP contribution in [-0.2, 0) is 0 Å². The minimum absolute atomic E-state index is 0. The maximum atomic E-state index is 12.5. The van der Waals surface area contributed by atoms with E-state index in [4.69, 9.17) is 16.3 Å². The molecule has 0 saturated carbocycles. The number of carbonyl (C=O) groups excluding carboxylic acids is 1. The second kappa shape index (κ2) is 9.23. The van der Waals surface area contributed by atoms with Crippen molar-refractivity contribution < 1.29 is 9.53 Å². The fourth-order valence-electron chi connectivity index (χ4n) is 2.30. The molecule has 3 aromatic rings. The van der Waals surface area contributed by atoms with Gasteiger partial charge in [-0.2, -0.15) is 0 Å². The summed E-state index contributed by atoms with van der Waals surface area (Å²) in [5.41, 5.74) is 1.82. The SMILES string of the molecule is Cc1ccccc1C(=O)Pc1ccc(Oc2ccccc2)cc1Cl.[LiH]. The Labute approximate surface area is 166 Å². The Hall–Kier alpha value is -1.55. The van der Waals surface area contributed by atoms with Crippen LogP contribution in [0, 0.1) is 6.92 Å². The van der Waals surface area contributed by atoms with Crippen LogP contribution in [0.1, 0.15) is 15.9 Å². The van der Waals surface area contributed by atoms with Crippen molar-refractivity contribution >= 4 is 49.9 Å². The van der Waals surface area contributed by atoms with E-state index in [2.05, 4.69) is 0 Å². The molecule has 0 aliphatic rings. The summed E-state index contributed by atoms with van der Waals surface area (Å²) in [5, 5.41) is 1.37. The van der Waals surface area contributed by atoms with Gasteiger partial charge in [-0.1, -0.05) is 54.1 Å². The second-order valence-corrected chi connectivity index (χ2v) is 6.98. The van der Waals surface area contributed by atoms with E-state index in [0.29, 0.717) is 10.8 Å². The monoisotopic (exact) mass is 362 g/mol. The van der Waals surface area contributed by atoms with Crippen molar-refractivity contribution in [3.05, 3.63) is 88.9 Å². The van der Waals surface area contributed by atoms with Gasteiger partial charge in [0, 0.05) is 11.6 Å². The molecule has 2 nitrogen and oxygen atoms in total. The summed E-state index contributed by atoms with van der Waals surface area (Å²) in [5.74, 6) is 1.41. The zero-order valence-electron chi connectivity index (χ0n) is 13.1. The summed E-state index contributed by atoms with van der Waals surface area (Å²) in [4.78, 5) is 12.5. The zero-order valence-corrected chi connectivity index (χ0v) is 14.9. The topological polar surface area (TPSA) is 26.3 Å². The van der Waals surface area contributed by atoms with E-state index in [-0.39, 0.29) is 33.0 Å². The third-order valence-electron chi connectivity index (χ3n) is 3.56. The van der Waals surface area contributed by atoms with Crippen LogP contribution in [0.2, 0.25) is 5.02 Å². The van der Waals surface area contributed by atoms with Crippen molar-refractivity contribution in [3.63, 3.8) is 0 Å². The first-order valence-corrected chi connectivity index (χ1v) is 8.91. The molecule has 0 aliphatic heterocycles. The summed E-state index contributed by atoms with van der Waals surface area (Å²) in [6, 6.07) is 22.6. The molecule has 0 fully saturated rings. The number of para-hydroxylation sites is 1. The second-order valence-electron chi connectivity index (χ2n) is 5.33. The predicted octanol–water partition coefficient (Wildman–Crippen LogP) is 4.94. The van der Waals surface area contributed by atoms with E-state index >= 15 is 0 Å². The molecule has 0 amide bonds. The van der Waals surface area contributed by atoms with Crippen molar-refractivity contribution in [2.24, 2.45) is 0 Å². The van der Waals surface area contributed by atoms with Gasteiger partial charge in [-0.15, -0.1) is 0 Å². The number of rotatable bonds is 5. The Kier molecular flexibility index (Phi) is 7.30. The molecule has 5 heteroatoms. The van der Waals surface area contributed by atoms with Crippen molar-refractivity contribution in [2.75, 3.05) is 0 Å². The van der Waals surface area contributed by atoms with Gasteiger partial charge >= 0.3 is 18.9 Å². The molecule has 0 spiro atoms. The number of ether oxygens (including phenoxy) is 1. The van der Waals surface area contributed by atoms with E-state index in [1.165, 1.54) is 0 Å². The molecule has 0 bridgehead atoms. The fourth-order valence-corrected chi connectivity index (χ4v) is 3.63. The van der Waals surface area contributed by atoms with E-state index < -0.39 is 0 Å². The van der Waals surface area contributed by atoms with Crippen LogP contribution in [0.4, 0.5) is 0 Å². The standard InChI is InChI=1S/C20H16ClO2P.Li.H/c1-14-7-5-6-10-17(14)20(22)24-19-12-11-16(13-18(19)21)23-15-8-3-2-4-9-15;;/h2-13,24H,1H3;;. The first kappa shape index (κ1) is 19.8. The van der Waals surface area contributed by atoms with Crippen LogP contribution < -0.4 is 10.0 Å². The zero-order chi connectivity index (χ0) is 16.9. The molecule has 122 valence electrons. The van der Waals surface area contributed by atoms with Crippen molar-refractivity contribution in [1.29, 1.82) is 0 Å². The number of hydrogen-bond acceptors (Lipinski definition) is 2. The number of carbonyl (C=O) groups is 1. The van der Waals surface area contributed by atoms with Crippen LogP contribution in [0.15, 0.2) is 72.8 Å². The molecule has 0 aliphatic carbocycles. The summed E-state index contributed by atoms with van der Waals surface area (Å²) in [6.07, 6.45) is 0. The third-order valence-corrected chi connectivity index (χ3v) is 5.23. The molecular formula is C20H17ClLiO2P. The van der Waals surface area contributed by atoms with Crippen LogP contribution in [0.3, 0.4) is 0 Å². The Morgan fingerprint density at radius 1 is 0.920 bits per heavy atom. The summed E-state index contributed by atoms with van der Waals surface area (Å²) in [6.45, 7) is 1.94. The molecule has 25 heavy (non-hydrogen) atoms. The van der Waals surface area contributed by atoms with Gasteiger partial charge in [-0.25, -0.2) is 0 Å². The predicted molar refractivity (Wildman–Crippen MR) is 109 cm³/mol. The maximum absolute atomic E-state index is 12.5. The van der Waals surface area contributed by atoms with Crippen molar-refractivity contribution in [3.8, 4) is 11.5 Å². The molecular weight excluding hydrogens is 346 g/mol. The molecule has 1 unspecified atom stereocenters. The molecule has 0 heterocycles. The Morgan fingerprint density at radius 3 is 2.28 bits per heavy atom. The quantitative estimate of drug-likeness (QED) is 0.475. The van der Waals surface area contributed by atoms with Gasteiger partial charge in [0.05, 0.1) is 5.02 Å². The van der Waals surface area contributed by atoms with Crippen LogP contribution in [0.5, 0.6) is 11.5 Å². The van der Waals surface area contributed by atoms with Gasteiger partial charge in [0.1, 0.15) is 11.5 Å². The molecule has 3 rings (SSSR count). The minimum atomic E-state index is -0.0112. The molecule has 3 aromatic carbocycles. The van der Waals surface area contributed by atoms with Gasteiger partial charge in [-0.3, -0.25) is 4.79 Å². The van der Waals surface area contributed by atoms with Crippen molar-refractivity contribution in [2.45, 2.75) is 6.92 Å². The first-order valence-electron chi connectivity index (χ1n) is 7.53. The Balaban J connectivity index is 0.00000225. The van der Waals surface area contributed by atoms with E-state index in [9.17, 15) is 4.79 Å². The third kappa shape index (κ3) is 5.21. The molecule has 0 aromatic heterocycles. The van der Waals surface area contributed by atoms with Gasteiger partial charge in [0.15, 0.2) is 5.52 Å². The van der Waals surface area contributed by atoms with Gasteiger partial charge in [0.25, 0.3) is 0 Å². The molecule has 0 radical (unpaired) electrons. The Bertz CT molecular complexity index is 869. The summed E-state index contributed by atoms with van der Waals surface area (Å²) < 4.78 is 5.76. The molecule has 0 N–H and O–H groups in total. The van der Waals surface area contributed by atoms with Crippen LogP contribution >= 0.6 is 20.2 Å². The number of hydrogen-bond donors (Lipinski definition) is 0. The molecule has 1 atom stereocenters. The van der Waals surface area contributed by atoms with E-state index in [1.54, 1.807) is 6.07 Å². The number of benzene rings is 3. The van der Waals surface area contributed by atoms with E-state index in [1.807, 2.05) is 73.7 Å². The van der Waals surface area contributed by atoms with Crippen LogP contribution in [0.25, 0.3) is 0 Å². The van der Waals surface area contributed by atoms with E-state index in [0.717, 1.165) is 22.2 Å². The van der Waals surface area contributed by atoms with Gasteiger partial charge in [0.2, 0.25) is 0 Å². The normalized spacial score (nSPS) is 10.5. The molecule has 0 saturated heterocycles. The number of halogens is 1. The average Bonchev–Trinajstić information content (AvgIpc) is 2.58. The summed E-state index contributed by atoms with van der Waals surface area (Å²) >= 11 is 6.34. The number of aryl methyl sites for hydroxylation is 1. The first-order chi connectivity index (χ1) is 11.6. The van der Waals surface area contributed by atoms with Crippen LogP contribution in [-0.4, -0.2) is 24.4 Å².